The predicted octanol–water partition coefficient (Wildman–Crippen LogP) is 5.69. The molecular formula is C31H27FN4O3. The van der Waals surface area contributed by atoms with Crippen LogP contribution in [0.3, 0.4) is 0 Å². The molecule has 1 aliphatic heterocycles. The zero-order valence-corrected chi connectivity index (χ0v) is 21.4. The second-order valence-corrected chi connectivity index (χ2v) is 9.65. The molecule has 0 radical (unpaired) electrons. The highest BCUT2D eigenvalue weighted by atomic mass is 19.1. The Morgan fingerprint density at radius 3 is 2.46 bits per heavy atom. The minimum atomic E-state index is -0.421. The van der Waals surface area contributed by atoms with E-state index < -0.39 is 5.97 Å². The van der Waals surface area contributed by atoms with E-state index in [1.165, 1.54) is 12.1 Å². The Morgan fingerprint density at radius 1 is 1.03 bits per heavy atom. The standard InChI is InChI=1S/C31H27FN4O3/c1-20-29(22-11-15-26(16-12-22)39-31(38)23-6-3-2-4-7-23)30-33-28(35-17-5-8-25(35)19-37)18-27(36(30)34-20)21-9-13-24(32)14-10-21/h2-4,6-7,9-16,18,25,37H,5,8,17,19H2,1H3. The van der Waals surface area contributed by atoms with E-state index in [0.29, 0.717) is 17.0 Å². The van der Waals surface area contributed by atoms with E-state index >= 15 is 0 Å². The fourth-order valence-electron chi connectivity index (χ4n) is 5.18. The van der Waals surface area contributed by atoms with Crippen LogP contribution in [0.25, 0.3) is 28.0 Å². The topological polar surface area (TPSA) is 80.0 Å². The summed E-state index contributed by atoms with van der Waals surface area (Å²) in [6.45, 7) is 2.77. The second-order valence-electron chi connectivity index (χ2n) is 9.65. The van der Waals surface area contributed by atoms with Crippen molar-refractivity contribution < 1.29 is 19.0 Å². The number of aromatic nitrogens is 3. The summed E-state index contributed by atoms with van der Waals surface area (Å²) in [5.74, 6) is 0.447. The normalized spacial score (nSPS) is 15.2. The van der Waals surface area contributed by atoms with E-state index in [1.807, 2.05) is 31.2 Å². The molecular weight excluding hydrogens is 495 g/mol. The summed E-state index contributed by atoms with van der Waals surface area (Å²) in [5, 5.41) is 14.8. The zero-order valence-electron chi connectivity index (χ0n) is 21.4. The van der Waals surface area contributed by atoms with Crippen LogP contribution < -0.4 is 9.64 Å². The van der Waals surface area contributed by atoms with Gasteiger partial charge in [0.15, 0.2) is 5.65 Å². The molecule has 1 N–H and O–H groups in total. The number of hydrogen-bond donors (Lipinski definition) is 1. The number of halogens is 1. The Morgan fingerprint density at radius 2 is 1.74 bits per heavy atom. The maximum atomic E-state index is 13.7. The summed E-state index contributed by atoms with van der Waals surface area (Å²) < 4.78 is 21.1. The van der Waals surface area contributed by atoms with Crippen LogP contribution in [0.15, 0.2) is 84.9 Å². The number of benzene rings is 3. The fraction of sp³-hybridized carbons (Fsp3) is 0.194. The molecule has 0 aliphatic carbocycles. The number of esters is 1. The van der Waals surface area contributed by atoms with Crippen molar-refractivity contribution in [1.29, 1.82) is 0 Å². The number of carbonyl (C=O) groups is 1. The summed E-state index contributed by atoms with van der Waals surface area (Å²) in [7, 11) is 0. The van der Waals surface area contributed by atoms with Gasteiger partial charge >= 0.3 is 5.97 Å². The molecule has 3 heterocycles. The molecule has 196 valence electrons. The van der Waals surface area contributed by atoms with Gasteiger partial charge in [0.2, 0.25) is 0 Å². The van der Waals surface area contributed by atoms with Gasteiger partial charge in [0.05, 0.1) is 29.6 Å². The fourth-order valence-corrected chi connectivity index (χ4v) is 5.18. The molecule has 5 aromatic rings. The molecule has 0 amide bonds. The quantitative estimate of drug-likeness (QED) is 0.228. The molecule has 0 bridgehead atoms. The SMILES string of the molecule is Cc1nn2c(-c3ccc(F)cc3)cc(N3CCCC3CO)nc2c1-c1ccc(OC(=O)c2ccccc2)cc1. The molecule has 1 saturated heterocycles. The molecule has 3 aromatic carbocycles. The van der Waals surface area contributed by atoms with Gasteiger partial charge in [-0.05, 0) is 73.9 Å². The molecule has 39 heavy (non-hydrogen) atoms. The Kier molecular flexibility index (Phi) is 6.54. The Labute approximate surface area is 225 Å². The Balaban J connectivity index is 1.43. The van der Waals surface area contributed by atoms with Crippen molar-refractivity contribution >= 4 is 17.4 Å². The highest BCUT2D eigenvalue weighted by molar-refractivity contribution is 5.91. The number of nitrogens with zero attached hydrogens (tertiary/aromatic N) is 4. The third-order valence-electron chi connectivity index (χ3n) is 7.14. The lowest BCUT2D eigenvalue weighted by atomic mass is 10.1. The molecule has 1 fully saturated rings. The molecule has 1 aliphatic rings. The molecule has 7 nitrogen and oxygen atoms in total. The van der Waals surface area contributed by atoms with Gasteiger partial charge in [0, 0.05) is 23.7 Å². The van der Waals surface area contributed by atoms with Crippen LogP contribution in [0.4, 0.5) is 10.2 Å². The molecule has 6 rings (SSSR count). The minimum Gasteiger partial charge on any atom is -0.423 e. The van der Waals surface area contributed by atoms with Crippen molar-refractivity contribution in [2.45, 2.75) is 25.8 Å². The number of ether oxygens (including phenoxy) is 1. The minimum absolute atomic E-state index is 0.00734. The number of hydrogen-bond acceptors (Lipinski definition) is 6. The smallest absolute Gasteiger partial charge is 0.343 e. The maximum absolute atomic E-state index is 13.7. The number of fused-ring (bicyclic) bond motifs is 1. The molecule has 8 heteroatoms. The van der Waals surface area contributed by atoms with Gasteiger partial charge in [0.1, 0.15) is 17.4 Å². The van der Waals surface area contributed by atoms with Crippen LogP contribution in [0.2, 0.25) is 0 Å². The zero-order chi connectivity index (χ0) is 26.9. The van der Waals surface area contributed by atoms with Gasteiger partial charge < -0.3 is 14.7 Å². The summed E-state index contributed by atoms with van der Waals surface area (Å²) in [6.07, 6.45) is 1.86. The monoisotopic (exact) mass is 522 g/mol. The van der Waals surface area contributed by atoms with E-state index in [9.17, 15) is 14.3 Å². The van der Waals surface area contributed by atoms with Crippen molar-refractivity contribution in [3.63, 3.8) is 0 Å². The van der Waals surface area contributed by atoms with Crippen LogP contribution in [-0.4, -0.2) is 44.9 Å². The van der Waals surface area contributed by atoms with Crippen LogP contribution in [0.5, 0.6) is 5.75 Å². The van der Waals surface area contributed by atoms with Gasteiger partial charge in [-0.15, -0.1) is 0 Å². The third kappa shape index (κ3) is 4.75. The molecule has 2 aromatic heterocycles. The molecule has 1 unspecified atom stereocenters. The highest BCUT2D eigenvalue weighted by Crippen LogP contribution is 2.35. The van der Waals surface area contributed by atoms with E-state index in [2.05, 4.69) is 4.90 Å². The predicted molar refractivity (Wildman–Crippen MR) is 147 cm³/mol. The lowest BCUT2D eigenvalue weighted by Crippen LogP contribution is -2.32. The van der Waals surface area contributed by atoms with Crippen molar-refractivity contribution in [2.24, 2.45) is 0 Å². The molecule has 1 atom stereocenters. The van der Waals surface area contributed by atoms with Crippen molar-refractivity contribution in [1.82, 2.24) is 14.6 Å². The van der Waals surface area contributed by atoms with Crippen molar-refractivity contribution in [3.8, 4) is 28.1 Å². The first kappa shape index (κ1) is 24.8. The van der Waals surface area contributed by atoms with Gasteiger partial charge in [0.25, 0.3) is 0 Å². The van der Waals surface area contributed by atoms with E-state index in [1.54, 1.807) is 53.0 Å². The van der Waals surface area contributed by atoms with Gasteiger partial charge in [-0.25, -0.2) is 18.7 Å². The lowest BCUT2D eigenvalue weighted by Gasteiger charge is -2.25. The molecule has 0 saturated carbocycles. The first-order chi connectivity index (χ1) is 19.0. The summed E-state index contributed by atoms with van der Waals surface area (Å²) in [6, 6.07) is 24.4. The van der Waals surface area contributed by atoms with Crippen LogP contribution in [-0.2, 0) is 0 Å². The Bertz CT molecular complexity index is 1630. The summed E-state index contributed by atoms with van der Waals surface area (Å²) >= 11 is 0. The van der Waals surface area contributed by atoms with Gasteiger partial charge in [-0.3, -0.25) is 0 Å². The van der Waals surface area contributed by atoms with Crippen molar-refractivity contribution in [2.75, 3.05) is 18.1 Å². The molecule has 0 spiro atoms. The van der Waals surface area contributed by atoms with E-state index in [4.69, 9.17) is 14.8 Å². The van der Waals surface area contributed by atoms with Crippen LogP contribution in [0.1, 0.15) is 28.9 Å². The largest absolute Gasteiger partial charge is 0.423 e. The number of aliphatic hydroxyl groups excluding tert-OH is 1. The highest BCUT2D eigenvalue weighted by Gasteiger charge is 2.27. The van der Waals surface area contributed by atoms with Gasteiger partial charge in [-0.1, -0.05) is 30.3 Å². The van der Waals surface area contributed by atoms with E-state index in [0.717, 1.165) is 53.3 Å². The number of rotatable bonds is 6. The lowest BCUT2D eigenvalue weighted by molar-refractivity contribution is 0.0734. The summed E-state index contributed by atoms with van der Waals surface area (Å²) in [5.41, 5.74) is 5.22. The number of anilines is 1. The third-order valence-corrected chi connectivity index (χ3v) is 7.14. The number of carbonyl (C=O) groups excluding carboxylic acids is 1. The first-order valence-electron chi connectivity index (χ1n) is 12.9. The van der Waals surface area contributed by atoms with E-state index in [-0.39, 0.29) is 18.5 Å². The summed E-state index contributed by atoms with van der Waals surface area (Å²) in [4.78, 5) is 19.6. The average Bonchev–Trinajstić information content (AvgIpc) is 3.58. The first-order valence-corrected chi connectivity index (χ1v) is 12.9. The van der Waals surface area contributed by atoms with Crippen molar-refractivity contribution in [3.05, 3.63) is 102 Å². The van der Waals surface area contributed by atoms with Crippen LogP contribution in [0, 0.1) is 12.7 Å². The number of aryl methyl sites for hydroxylation is 1. The van der Waals surface area contributed by atoms with Crippen LogP contribution >= 0.6 is 0 Å². The number of aliphatic hydroxyl groups is 1. The average molecular weight is 523 g/mol. The maximum Gasteiger partial charge on any atom is 0.343 e. The Hall–Kier alpha value is -4.56. The second kappa shape index (κ2) is 10.3. The van der Waals surface area contributed by atoms with Gasteiger partial charge in [-0.2, -0.15) is 5.10 Å².